The monoisotopic (exact) mass is 460 g/mol. The highest BCUT2D eigenvalue weighted by Gasteiger charge is 2.01. The maximum Gasteiger partial charge on any atom is 0.330 e. The molecule has 0 aliphatic rings. The van der Waals surface area contributed by atoms with Gasteiger partial charge in [0.1, 0.15) is 0 Å². The van der Waals surface area contributed by atoms with Crippen LogP contribution in [0.3, 0.4) is 0 Å². The summed E-state index contributed by atoms with van der Waals surface area (Å²) in [6.07, 6.45) is 27.0. The Morgan fingerprint density at radius 2 is 1.15 bits per heavy atom. The molecule has 188 valence electrons. The summed E-state index contributed by atoms with van der Waals surface area (Å²) in [4.78, 5) is 11.7. The topological polar surface area (TPSA) is 66.8 Å². The van der Waals surface area contributed by atoms with E-state index in [-0.39, 0.29) is 17.5 Å². The molecular weight excluding hydrogens is 412 g/mol. The summed E-state index contributed by atoms with van der Waals surface area (Å²) in [5.74, 6) is -0.761. The summed E-state index contributed by atoms with van der Waals surface area (Å²) < 4.78 is 5.21. The first-order valence-corrected chi connectivity index (χ1v) is 13.5. The zero-order chi connectivity index (χ0) is 24.0. The number of aromatic hydroxyl groups is 2. The van der Waals surface area contributed by atoms with Crippen LogP contribution in [0.5, 0.6) is 11.5 Å². The summed E-state index contributed by atoms with van der Waals surface area (Å²) >= 11 is 0. The van der Waals surface area contributed by atoms with Gasteiger partial charge in [0.25, 0.3) is 0 Å². The molecule has 0 aromatic heterocycles. The minimum absolute atomic E-state index is 0.177. The molecule has 0 unspecified atom stereocenters. The predicted octanol–water partition coefficient (Wildman–Crippen LogP) is 8.70. The van der Waals surface area contributed by atoms with E-state index in [2.05, 4.69) is 6.92 Å². The minimum atomic E-state index is -0.380. The molecule has 4 heteroatoms. The van der Waals surface area contributed by atoms with E-state index in [0.29, 0.717) is 12.2 Å². The van der Waals surface area contributed by atoms with Crippen LogP contribution in [0.4, 0.5) is 0 Å². The van der Waals surface area contributed by atoms with E-state index in [0.717, 1.165) is 12.8 Å². The molecule has 4 nitrogen and oxygen atoms in total. The highest BCUT2D eigenvalue weighted by molar-refractivity contribution is 5.87. The van der Waals surface area contributed by atoms with Crippen LogP contribution in [0.15, 0.2) is 24.3 Å². The van der Waals surface area contributed by atoms with Gasteiger partial charge in [-0.05, 0) is 30.2 Å². The van der Waals surface area contributed by atoms with E-state index in [4.69, 9.17) is 4.74 Å². The van der Waals surface area contributed by atoms with Gasteiger partial charge in [0.15, 0.2) is 11.5 Å². The van der Waals surface area contributed by atoms with Gasteiger partial charge in [-0.1, -0.05) is 122 Å². The van der Waals surface area contributed by atoms with Gasteiger partial charge < -0.3 is 14.9 Å². The fourth-order valence-electron chi connectivity index (χ4n) is 4.03. The molecule has 0 saturated carbocycles. The maximum atomic E-state index is 11.7. The Bertz CT molecular complexity index is 639. The number of carbonyl (C=O) groups excluding carboxylic acids is 1. The van der Waals surface area contributed by atoms with Crippen molar-refractivity contribution in [3.05, 3.63) is 29.8 Å². The summed E-state index contributed by atoms with van der Waals surface area (Å²) in [5.41, 5.74) is 0.635. The van der Waals surface area contributed by atoms with Crippen molar-refractivity contribution in [1.82, 2.24) is 0 Å². The quantitative estimate of drug-likeness (QED) is 0.0833. The number of ether oxygens (including phenoxy) is 1. The fraction of sp³-hybridized carbons (Fsp3) is 0.690. The van der Waals surface area contributed by atoms with Gasteiger partial charge in [-0.15, -0.1) is 0 Å². The Hall–Kier alpha value is -1.97. The van der Waals surface area contributed by atoms with Crippen molar-refractivity contribution < 1.29 is 19.7 Å². The number of hydrogen-bond donors (Lipinski definition) is 2. The molecule has 0 amide bonds. The number of esters is 1. The Kier molecular flexibility index (Phi) is 18.2. The second-order valence-corrected chi connectivity index (χ2v) is 9.26. The van der Waals surface area contributed by atoms with Crippen LogP contribution in [0.25, 0.3) is 6.08 Å². The van der Waals surface area contributed by atoms with Crippen LogP contribution in [-0.4, -0.2) is 22.8 Å². The molecule has 0 spiro atoms. The average Bonchev–Trinajstić information content (AvgIpc) is 2.81. The number of phenols is 2. The van der Waals surface area contributed by atoms with E-state index in [1.54, 1.807) is 12.1 Å². The second-order valence-electron chi connectivity index (χ2n) is 9.26. The number of unbranched alkanes of at least 4 members (excludes halogenated alkanes) is 17. The van der Waals surface area contributed by atoms with E-state index in [1.165, 1.54) is 121 Å². The van der Waals surface area contributed by atoms with Crippen molar-refractivity contribution in [2.45, 2.75) is 122 Å². The van der Waals surface area contributed by atoms with Gasteiger partial charge in [-0.25, -0.2) is 4.79 Å². The van der Waals surface area contributed by atoms with Crippen molar-refractivity contribution in [2.24, 2.45) is 0 Å². The predicted molar refractivity (Wildman–Crippen MR) is 139 cm³/mol. The zero-order valence-corrected chi connectivity index (χ0v) is 21.0. The lowest BCUT2D eigenvalue weighted by molar-refractivity contribution is -0.137. The van der Waals surface area contributed by atoms with Gasteiger partial charge in [0, 0.05) is 6.08 Å². The number of rotatable bonds is 21. The third-order valence-corrected chi connectivity index (χ3v) is 6.15. The van der Waals surface area contributed by atoms with Gasteiger partial charge >= 0.3 is 5.97 Å². The second kappa shape index (κ2) is 20.6. The van der Waals surface area contributed by atoms with Crippen molar-refractivity contribution >= 4 is 12.0 Å². The van der Waals surface area contributed by atoms with Crippen LogP contribution in [0.1, 0.15) is 128 Å². The Morgan fingerprint density at radius 3 is 1.61 bits per heavy atom. The lowest BCUT2D eigenvalue weighted by atomic mass is 10.0. The normalized spacial score (nSPS) is 11.3. The number of phenolic OH excluding ortho intramolecular Hbond substituents is 2. The number of hydrogen-bond acceptors (Lipinski definition) is 4. The molecule has 0 bridgehead atoms. The largest absolute Gasteiger partial charge is 0.504 e. The zero-order valence-electron chi connectivity index (χ0n) is 21.0. The Morgan fingerprint density at radius 1 is 0.697 bits per heavy atom. The third-order valence-electron chi connectivity index (χ3n) is 6.15. The van der Waals surface area contributed by atoms with Crippen LogP contribution < -0.4 is 0 Å². The Labute approximate surface area is 202 Å². The summed E-state index contributed by atoms with van der Waals surface area (Å²) in [6.45, 7) is 2.72. The molecule has 0 saturated heterocycles. The molecule has 2 N–H and O–H groups in total. The fourth-order valence-corrected chi connectivity index (χ4v) is 4.03. The molecule has 0 heterocycles. The summed E-state index contributed by atoms with van der Waals surface area (Å²) in [7, 11) is 0. The van der Waals surface area contributed by atoms with E-state index in [1.807, 2.05) is 0 Å². The molecule has 33 heavy (non-hydrogen) atoms. The van der Waals surface area contributed by atoms with Gasteiger partial charge in [-0.2, -0.15) is 0 Å². The summed E-state index contributed by atoms with van der Waals surface area (Å²) in [6, 6.07) is 4.41. The molecule has 0 fully saturated rings. The number of benzene rings is 1. The van der Waals surface area contributed by atoms with E-state index >= 15 is 0 Å². The first-order valence-electron chi connectivity index (χ1n) is 13.5. The van der Waals surface area contributed by atoms with Crippen LogP contribution >= 0.6 is 0 Å². The van der Waals surface area contributed by atoms with Gasteiger partial charge in [0.05, 0.1) is 6.61 Å². The maximum absolute atomic E-state index is 11.7. The molecule has 0 atom stereocenters. The van der Waals surface area contributed by atoms with Crippen LogP contribution in [0, 0.1) is 0 Å². The molecule has 1 rings (SSSR count). The first-order chi connectivity index (χ1) is 16.1. The highest BCUT2D eigenvalue weighted by atomic mass is 16.5. The highest BCUT2D eigenvalue weighted by Crippen LogP contribution is 2.25. The van der Waals surface area contributed by atoms with E-state index < -0.39 is 0 Å². The number of carbonyl (C=O) groups is 1. The standard InChI is InChI=1S/C29H48O4/c1-2-3-4-5-6-7-8-9-10-11-12-13-14-15-16-17-18-19-24-33-29(32)23-21-26-20-22-27(30)28(31)25-26/h20-23,25,30-31H,2-19,24H2,1H3/b23-21+. The van der Waals surface area contributed by atoms with E-state index in [9.17, 15) is 15.0 Å². The van der Waals surface area contributed by atoms with Crippen molar-refractivity contribution in [2.75, 3.05) is 6.61 Å². The smallest absolute Gasteiger partial charge is 0.330 e. The third kappa shape index (κ3) is 17.2. The SMILES string of the molecule is CCCCCCCCCCCCCCCCCCCCOC(=O)/C=C/c1ccc(O)c(O)c1. The van der Waals surface area contributed by atoms with Gasteiger partial charge in [0.2, 0.25) is 0 Å². The lowest BCUT2D eigenvalue weighted by Crippen LogP contribution is -2.02. The molecule has 0 aliphatic heterocycles. The molecule has 0 aliphatic carbocycles. The molecule has 0 radical (unpaired) electrons. The average molecular weight is 461 g/mol. The minimum Gasteiger partial charge on any atom is -0.504 e. The summed E-state index contributed by atoms with van der Waals surface area (Å²) in [5, 5.41) is 18.7. The Balaban J connectivity index is 1.82. The lowest BCUT2D eigenvalue weighted by Gasteiger charge is -2.04. The van der Waals surface area contributed by atoms with Crippen LogP contribution in [-0.2, 0) is 9.53 Å². The van der Waals surface area contributed by atoms with Crippen LogP contribution in [0.2, 0.25) is 0 Å². The molecule has 1 aromatic rings. The van der Waals surface area contributed by atoms with Crippen molar-refractivity contribution in [3.63, 3.8) is 0 Å². The molecule has 1 aromatic carbocycles. The van der Waals surface area contributed by atoms with Gasteiger partial charge in [-0.3, -0.25) is 0 Å². The molecular formula is C29H48O4. The van der Waals surface area contributed by atoms with Crippen molar-refractivity contribution in [1.29, 1.82) is 0 Å². The first kappa shape index (κ1) is 29.1. The van der Waals surface area contributed by atoms with Crippen molar-refractivity contribution in [3.8, 4) is 11.5 Å².